The van der Waals surface area contributed by atoms with Gasteiger partial charge in [0.2, 0.25) is 0 Å². The Labute approximate surface area is 583 Å². The molecular formula is C93H75N7+2. The number of imidazole rings is 2. The summed E-state index contributed by atoms with van der Waals surface area (Å²) in [5, 5.41) is 7.27. The van der Waals surface area contributed by atoms with Crippen LogP contribution in [0.2, 0.25) is 0 Å². The molecule has 3 heterocycles. The van der Waals surface area contributed by atoms with Crippen LogP contribution in [0.1, 0.15) is 61.2 Å². The maximum atomic E-state index is 5.81. The van der Waals surface area contributed by atoms with Gasteiger partial charge in [-0.2, -0.15) is 9.13 Å². The Bertz CT molecular complexity index is 6100. The average Bonchev–Trinajstić information content (AvgIpc) is 0.999. The highest BCUT2D eigenvalue weighted by molar-refractivity contribution is 6.22. The molecule has 480 valence electrons. The number of H-pyrrole nitrogens is 2. The van der Waals surface area contributed by atoms with Gasteiger partial charge in [-0.1, -0.05) is 188 Å². The van der Waals surface area contributed by atoms with Gasteiger partial charge >= 0.3 is 0 Å². The molecule has 0 radical (unpaired) electrons. The molecule has 0 aliphatic carbocycles. The zero-order chi connectivity index (χ0) is 68.0. The van der Waals surface area contributed by atoms with Crippen LogP contribution in [0.25, 0.3) is 156 Å². The maximum Gasteiger partial charge on any atom is 0.292 e. The summed E-state index contributed by atoms with van der Waals surface area (Å²) in [4.78, 5) is 25.0. The van der Waals surface area contributed by atoms with Gasteiger partial charge in [0.25, 0.3) is 11.6 Å². The van der Waals surface area contributed by atoms with Crippen molar-refractivity contribution in [3.63, 3.8) is 0 Å². The number of rotatable bonds is 12. The van der Waals surface area contributed by atoms with E-state index in [1.54, 1.807) is 0 Å². The van der Waals surface area contributed by atoms with E-state index in [-0.39, 0.29) is 0 Å². The highest BCUT2D eigenvalue weighted by Crippen LogP contribution is 2.49. The van der Waals surface area contributed by atoms with Crippen LogP contribution in [0.15, 0.2) is 267 Å². The Morgan fingerprint density at radius 2 is 0.700 bits per heavy atom. The standard InChI is InChI=1S/C93H73N7/c1-55-49-58(4)84(61(7)77(55)53-64-27-26-30-70(52-64)93-95-79-40-23-25-42-81(79)100(93)72-33-14-11-15-34-72)89-96-90(85-59(5)50-56(2)82(62(85)8)66-44-46-67(47-45-66)92-94-78-39-22-24-41-80(78)99(92)71-31-12-10-13-32-71)98-91(97-89)86-60(6)51-57(3)83(63(86)9)88-75-37-20-18-35-73(75)87(74-36-19-21-38-76(74)88)69-48-43-65-28-16-17-29-68(65)54-69/h10-52,54H,53H2,1-9H3/p+2. The predicted octanol–water partition coefficient (Wildman–Crippen LogP) is 22.5. The molecule has 14 aromatic carbocycles. The summed E-state index contributed by atoms with van der Waals surface area (Å²) < 4.78 is 4.65. The van der Waals surface area contributed by atoms with Crippen molar-refractivity contribution in [1.82, 2.24) is 24.9 Å². The van der Waals surface area contributed by atoms with Gasteiger partial charge < -0.3 is 0 Å². The summed E-state index contributed by atoms with van der Waals surface area (Å²) in [7, 11) is 0. The number of hydrogen-bond acceptors (Lipinski definition) is 3. The molecule has 0 saturated carbocycles. The van der Waals surface area contributed by atoms with Gasteiger partial charge in [0.05, 0.1) is 11.1 Å². The number of aromatic nitrogens is 7. The van der Waals surface area contributed by atoms with Gasteiger partial charge in [-0.25, -0.2) is 24.9 Å². The minimum Gasteiger partial charge on any atom is -0.236 e. The second-order valence-electron chi connectivity index (χ2n) is 27.2. The highest BCUT2D eigenvalue weighted by atomic mass is 15.1. The monoisotopic (exact) mass is 1290 g/mol. The highest BCUT2D eigenvalue weighted by Gasteiger charge is 2.29. The van der Waals surface area contributed by atoms with Crippen molar-refractivity contribution in [2.45, 2.75) is 68.7 Å². The SMILES string of the molecule is Cc1cc(C)c(-c2nc(-c3c(C)cc(C)c(-c4ccc(-c5[nH]c6ccccc6[n+]5-c5ccccc5)cc4)c3C)nc(-c3c(C)cc(C)c(-c4c5ccccc5c(-c5ccc6ccccc6c5)c5ccccc45)c3C)n2)c(C)c1Cc1cccc(-c2[nH]c3ccccc3[n+]2-c2ccccc2)c1. The minimum absolute atomic E-state index is 0.644. The number of nitrogens with one attached hydrogen (secondary N) is 2. The molecule has 0 unspecified atom stereocenters. The Kier molecular flexibility index (Phi) is 15.2. The van der Waals surface area contributed by atoms with Gasteiger partial charge in [-0.3, -0.25) is 0 Å². The topological polar surface area (TPSA) is 78.0 Å². The van der Waals surface area contributed by atoms with Crippen molar-refractivity contribution in [2.75, 3.05) is 0 Å². The van der Waals surface area contributed by atoms with Crippen LogP contribution in [0, 0.1) is 62.3 Å². The number of aryl methyl sites for hydroxylation is 6. The van der Waals surface area contributed by atoms with Crippen LogP contribution in [-0.4, -0.2) is 24.9 Å². The first kappa shape index (κ1) is 61.4. The van der Waals surface area contributed by atoms with Crippen LogP contribution in [0.4, 0.5) is 0 Å². The van der Waals surface area contributed by atoms with E-state index in [9.17, 15) is 0 Å². The number of fused-ring (bicyclic) bond motifs is 5. The normalized spacial score (nSPS) is 11.7. The summed E-state index contributed by atoms with van der Waals surface area (Å²) >= 11 is 0. The molecular weight excluding hydrogens is 1220 g/mol. The van der Waals surface area contributed by atoms with Crippen molar-refractivity contribution in [1.29, 1.82) is 0 Å². The van der Waals surface area contributed by atoms with Crippen LogP contribution < -0.4 is 9.13 Å². The Morgan fingerprint density at radius 1 is 0.280 bits per heavy atom. The summed E-state index contributed by atoms with van der Waals surface area (Å²) in [6, 6.07) is 96.9. The molecule has 17 aromatic rings. The van der Waals surface area contributed by atoms with Crippen molar-refractivity contribution < 1.29 is 9.13 Å². The zero-order valence-corrected chi connectivity index (χ0v) is 57.8. The van der Waals surface area contributed by atoms with Gasteiger partial charge in [0.15, 0.2) is 39.5 Å². The minimum atomic E-state index is 0.644. The van der Waals surface area contributed by atoms with E-state index in [0.717, 1.165) is 117 Å². The first-order valence-corrected chi connectivity index (χ1v) is 34.7. The molecule has 0 bridgehead atoms. The third kappa shape index (κ3) is 10.4. The van der Waals surface area contributed by atoms with Crippen LogP contribution in [0.5, 0.6) is 0 Å². The van der Waals surface area contributed by atoms with E-state index in [0.29, 0.717) is 23.9 Å². The number of benzene rings is 14. The van der Waals surface area contributed by atoms with Gasteiger partial charge in [0, 0.05) is 16.7 Å². The summed E-state index contributed by atoms with van der Waals surface area (Å²) in [5.41, 5.74) is 31.7. The molecule has 0 atom stereocenters. The largest absolute Gasteiger partial charge is 0.292 e. The van der Waals surface area contributed by atoms with E-state index < -0.39 is 0 Å². The third-order valence-corrected chi connectivity index (χ3v) is 20.9. The lowest BCUT2D eigenvalue weighted by Gasteiger charge is -2.23. The molecule has 0 spiro atoms. The van der Waals surface area contributed by atoms with E-state index in [4.69, 9.17) is 15.0 Å². The van der Waals surface area contributed by atoms with E-state index in [2.05, 4.69) is 348 Å². The van der Waals surface area contributed by atoms with E-state index in [1.807, 2.05) is 0 Å². The van der Waals surface area contributed by atoms with Gasteiger partial charge in [-0.15, -0.1) is 0 Å². The van der Waals surface area contributed by atoms with Crippen LogP contribution in [-0.2, 0) is 6.42 Å². The first-order chi connectivity index (χ1) is 48.8. The number of hydrogen-bond donors (Lipinski definition) is 2. The van der Waals surface area contributed by atoms with E-state index in [1.165, 1.54) is 82.4 Å². The lowest BCUT2D eigenvalue weighted by atomic mass is 9.81. The van der Waals surface area contributed by atoms with Crippen molar-refractivity contribution in [2.24, 2.45) is 0 Å². The second-order valence-corrected chi connectivity index (χ2v) is 27.2. The zero-order valence-electron chi connectivity index (χ0n) is 57.8. The lowest BCUT2D eigenvalue weighted by Crippen LogP contribution is -2.31. The Balaban J connectivity index is 0.848. The quantitative estimate of drug-likeness (QED) is 0.0945. The molecule has 2 N–H and O–H groups in total. The summed E-state index contributed by atoms with van der Waals surface area (Å²) in [6.45, 7) is 20.3. The summed E-state index contributed by atoms with van der Waals surface area (Å²) in [5.74, 6) is 3.99. The molecule has 0 aliphatic heterocycles. The fourth-order valence-corrected chi connectivity index (χ4v) is 16.6. The van der Waals surface area contributed by atoms with Crippen LogP contribution >= 0.6 is 0 Å². The van der Waals surface area contributed by atoms with Crippen molar-refractivity contribution in [3.05, 3.63) is 328 Å². The summed E-state index contributed by atoms with van der Waals surface area (Å²) in [6.07, 6.45) is 0.709. The smallest absolute Gasteiger partial charge is 0.236 e. The maximum absolute atomic E-state index is 5.81. The Hall–Kier alpha value is -12.2. The van der Waals surface area contributed by atoms with Crippen molar-refractivity contribution in [3.8, 4) is 102 Å². The average molecular weight is 1290 g/mol. The molecule has 0 saturated heterocycles. The molecule has 17 rings (SSSR count). The first-order valence-electron chi connectivity index (χ1n) is 34.7. The molecule has 0 fully saturated rings. The second kappa shape index (κ2) is 24.7. The van der Waals surface area contributed by atoms with Gasteiger partial charge in [0.1, 0.15) is 11.4 Å². The molecule has 7 nitrogen and oxygen atoms in total. The fourth-order valence-electron chi connectivity index (χ4n) is 16.6. The number of nitrogens with zero attached hydrogens (tertiary/aromatic N) is 5. The molecule has 3 aromatic heterocycles. The van der Waals surface area contributed by atoms with Crippen LogP contribution in [0.3, 0.4) is 0 Å². The molecule has 0 amide bonds. The third-order valence-electron chi connectivity index (χ3n) is 20.9. The Morgan fingerprint density at radius 3 is 1.26 bits per heavy atom. The molecule has 100 heavy (non-hydrogen) atoms. The van der Waals surface area contributed by atoms with Gasteiger partial charge in [-0.05, 0) is 274 Å². The number of aromatic amines is 2. The van der Waals surface area contributed by atoms with Crippen molar-refractivity contribution >= 4 is 54.4 Å². The molecule has 7 heteroatoms. The van der Waals surface area contributed by atoms with E-state index >= 15 is 0 Å². The lowest BCUT2D eigenvalue weighted by molar-refractivity contribution is -0.555. The number of para-hydroxylation sites is 6. The fraction of sp³-hybridized carbons (Fsp3) is 0.108. The molecule has 0 aliphatic rings. The predicted molar refractivity (Wildman–Crippen MR) is 414 cm³/mol.